The van der Waals surface area contributed by atoms with Gasteiger partial charge in [0.15, 0.2) is 0 Å². The van der Waals surface area contributed by atoms with Crippen LogP contribution in [0.3, 0.4) is 0 Å². The number of carbonyl (C=O) groups excluding carboxylic acids is 1. The highest BCUT2D eigenvalue weighted by molar-refractivity contribution is 7.10. The van der Waals surface area contributed by atoms with Crippen molar-refractivity contribution in [1.29, 1.82) is 0 Å². The van der Waals surface area contributed by atoms with Gasteiger partial charge < -0.3 is 5.32 Å². The number of amides is 1. The highest BCUT2D eigenvalue weighted by Gasteiger charge is 2.41. The summed E-state index contributed by atoms with van der Waals surface area (Å²) in [4.78, 5) is 13.9. The molecule has 19 heavy (non-hydrogen) atoms. The third-order valence-corrected chi connectivity index (χ3v) is 5.56. The van der Waals surface area contributed by atoms with E-state index in [-0.39, 0.29) is 23.3 Å². The fourth-order valence-corrected chi connectivity index (χ4v) is 4.23. The Morgan fingerprint density at radius 1 is 1.53 bits per heavy atom. The molecule has 3 atom stereocenters. The van der Waals surface area contributed by atoms with Crippen LogP contribution < -0.4 is 5.32 Å². The van der Waals surface area contributed by atoms with Crippen LogP contribution >= 0.6 is 11.3 Å². The van der Waals surface area contributed by atoms with E-state index in [1.165, 1.54) is 17.7 Å². The summed E-state index contributed by atoms with van der Waals surface area (Å²) in [7, 11) is 0. The van der Waals surface area contributed by atoms with Gasteiger partial charge in [0.1, 0.15) is 0 Å². The first-order valence-electron chi connectivity index (χ1n) is 7.25. The SMILES string of the molecule is CC(NC(=O)[C@@H]1[C@@H](C)CCCC1(C)C)c1cccs1. The topological polar surface area (TPSA) is 29.1 Å². The van der Waals surface area contributed by atoms with Crippen molar-refractivity contribution in [1.82, 2.24) is 5.32 Å². The second-order valence-corrected chi connectivity index (χ2v) is 7.56. The smallest absolute Gasteiger partial charge is 0.224 e. The van der Waals surface area contributed by atoms with E-state index in [0.717, 1.165) is 6.42 Å². The maximum Gasteiger partial charge on any atom is 0.224 e. The molecule has 1 heterocycles. The Bertz CT molecular complexity index is 424. The van der Waals surface area contributed by atoms with Gasteiger partial charge in [-0.1, -0.05) is 33.3 Å². The van der Waals surface area contributed by atoms with Crippen molar-refractivity contribution in [2.45, 2.75) is 53.0 Å². The lowest BCUT2D eigenvalue weighted by atomic mass is 9.64. The van der Waals surface area contributed by atoms with Crippen LogP contribution in [-0.4, -0.2) is 5.91 Å². The van der Waals surface area contributed by atoms with Gasteiger partial charge in [0.25, 0.3) is 0 Å². The van der Waals surface area contributed by atoms with E-state index >= 15 is 0 Å². The van der Waals surface area contributed by atoms with Crippen LogP contribution in [-0.2, 0) is 4.79 Å². The Morgan fingerprint density at radius 2 is 2.26 bits per heavy atom. The lowest BCUT2D eigenvalue weighted by Gasteiger charge is -2.42. The average Bonchev–Trinajstić information content (AvgIpc) is 2.80. The van der Waals surface area contributed by atoms with Gasteiger partial charge in [-0.15, -0.1) is 11.3 Å². The summed E-state index contributed by atoms with van der Waals surface area (Å²) in [6.07, 6.45) is 3.58. The molecule has 1 N–H and O–H groups in total. The van der Waals surface area contributed by atoms with Crippen LogP contribution in [0.15, 0.2) is 17.5 Å². The molecule has 106 valence electrons. The predicted octanol–water partition coefficient (Wildman–Crippen LogP) is 4.39. The van der Waals surface area contributed by atoms with E-state index in [1.807, 2.05) is 6.07 Å². The van der Waals surface area contributed by atoms with Crippen LogP contribution in [0.2, 0.25) is 0 Å². The van der Waals surface area contributed by atoms with Crippen LogP contribution in [0.4, 0.5) is 0 Å². The Balaban J connectivity index is 2.06. The maximum atomic E-state index is 12.6. The van der Waals surface area contributed by atoms with Crippen LogP contribution in [0, 0.1) is 17.3 Å². The molecule has 0 aromatic carbocycles. The van der Waals surface area contributed by atoms with Crippen molar-refractivity contribution in [2.75, 3.05) is 0 Å². The van der Waals surface area contributed by atoms with Crippen LogP contribution in [0.5, 0.6) is 0 Å². The van der Waals surface area contributed by atoms with Gasteiger partial charge in [-0.25, -0.2) is 0 Å². The zero-order chi connectivity index (χ0) is 14.0. The zero-order valence-corrected chi connectivity index (χ0v) is 13.2. The van der Waals surface area contributed by atoms with Gasteiger partial charge in [-0.3, -0.25) is 4.79 Å². The van der Waals surface area contributed by atoms with E-state index in [0.29, 0.717) is 5.92 Å². The van der Waals surface area contributed by atoms with E-state index < -0.39 is 0 Å². The molecule has 1 aliphatic carbocycles. The summed E-state index contributed by atoms with van der Waals surface area (Å²) >= 11 is 1.71. The lowest BCUT2D eigenvalue weighted by molar-refractivity contribution is -0.133. The van der Waals surface area contributed by atoms with Gasteiger partial charge >= 0.3 is 0 Å². The quantitative estimate of drug-likeness (QED) is 0.873. The summed E-state index contributed by atoms with van der Waals surface area (Å²) in [6, 6.07) is 4.25. The molecule has 1 aliphatic rings. The molecule has 0 bridgehead atoms. The standard InChI is InChI=1S/C16H25NOS/c1-11-7-5-9-16(3,4)14(11)15(18)17-12(2)13-8-6-10-19-13/h6,8,10-12,14H,5,7,9H2,1-4H3,(H,17,18)/t11-,12?,14-/m0/s1. The molecular weight excluding hydrogens is 254 g/mol. The third-order valence-electron chi connectivity index (χ3n) is 4.50. The molecule has 0 spiro atoms. The first kappa shape index (κ1) is 14.6. The summed E-state index contributed by atoms with van der Waals surface area (Å²) in [5, 5.41) is 5.27. The molecule has 2 rings (SSSR count). The molecule has 1 saturated carbocycles. The molecule has 1 fully saturated rings. The van der Waals surface area contributed by atoms with Gasteiger partial charge in [-0.2, -0.15) is 0 Å². The monoisotopic (exact) mass is 279 g/mol. The number of carbonyl (C=O) groups is 1. The first-order chi connectivity index (χ1) is 8.92. The van der Waals surface area contributed by atoms with Crippen molar-refractivity contribution in [2.24, 2.45) is 17.3 Å². The number of hydrogen-bond acceptors (Lipinski definition) is 2. The van der Waals surface area contributed by atoms with Gasteiger partial charge in [0.05, 0.1) is 6.04 Å². The summed E-state index contributed by atoms with van der Waals surface area (Å²) in [5.41, 5.74) is 0.122. The number of nitrogens with one attached hydrogen (secondary N) is 1. The molecule has 2 nitrogen and oxygen atoms in total. The molecule has 1 aromatic rings. The number of thiophene rings is 1. The summed E-state index contributed by atoms with van der Waals surface area (Å²) < 4.78 is 0. The van der Waals surface area contributed by atoms with Crippen LogP contribution in [0.25, 0.3) is 0 Å². The third kappa shape index (κ3) is 3.19. The van der Waals surface area contributed by atoms with Crippen molar-refractivity contribution < 1.29 is 4.79 Å². The molecule has 1 amide bonds. The maximum absolute atomic E-state index is 12.6. The average molecular weight is 279 g/mol. The Hall–Kier alpha value is -0.830. The molecular formula is C16H25NOS. The Labute approximate surface area is 120 Å². The number of hydrogen-bond donors (Lipinski definition) is 1. The van der Waals surface area contributed by atoms with Crippen molar-refractivity contribution in [3.05, 3.63) is 22.4 Å². The van der Waals surface area contributed by atoms with E-state index in [2.05, 4.69) is 44.5 Å². The minimum atomic E-state index is 0.122. The van der Waals surface area contributed by atoms with E-state index in [1.54, 1.807) is 11.3 Å². The Kier molecular flexibility index (Phi) is 4.34. The summed E-state index contributed by atoms with van der Waals surface area (Å²) in [6.45, 7) is 8.77. The second-order valence-electron chi connectivity index (χ2n) is 6.58. The highest BCUT2D eigenvalue weighted by Crippen LogP contribution is 2.44. The van der Waals surface area contributed by atoms with Crippen LogP contribution in [0.1, 0.15) is 57.9 Å². The largest absolute Gasteiger partial charge is 0.349 e. The Morgan fingerprint density at radius 3 is 2.84 bits per heavy atom. The van der Waals surface area contributed by atoms with E-state index in [9.17, 15) is 4.79 Å². The molecule has 1 unspecified atom stereocenters. The molecule has 0 aliphatic heterocycles. The zero-order valence-electron chi connectivity index (χ0n) is 12.4. The van der Waals surface area contributed by atoms with Gasteiger partial charge in [0.2, 0.25) is 5.91 Å². The van der Waals surface area contributed by atoms with Gasteiger partial charge in [-0.05, 0) is 42.5 Å². The first-order valence-corrected chi connectivity index (χ1v) is 8.13. The molecule has 3 heteroatoms. The van der Waals surface area contributed by atoms with Gasteiger partial charge in [0, 0.05) is 10.8 Å². The molecule has 0 saturated heterocycles. The molecule has 1 aromatic heterocycles. The minimum Gasteiger partial charge on any atom is -0.349 e. The van der Waals surface area contributed by atoms with Crippen molar-refractivity contribution in [3.63, 3.8) is 0 Å². The number of rotatable bonds is 3. The van der Waals surface area contributed by atoms with E-state index in [4.69, 9.17) is 0 Å². The predicted molar refractivity (Wildman–Crippen MR) is 81.2 cm³/mol. The normalized spacial score (nSPS) is 27.8. The second kappa shape index (κ2) is 5.66. The minimum absolute atomic E-state index is 0.122. The fourth-order valence-electron chi connectivity index (χ4n) is 3.50. The highest BCUT2D eigenvalue weighted by atomic mass is 32.1. The fraction of sp³-hybridized carbons (Fsp3) is 0.688. The van der Waals surface area contributed by atoms with Crippen molar-refractivity contribution in [3.8, 4) is 0 Å². The summed E-state index contributed by atoms with van der Waals surface area (Å²) in [5.74, 6) is 0.862. The molecule has 0 radical (unpaired) electrons. The lowest BCUT2D eigenvalue weighted by Crippen LogP contribution is -2.45. The van der Waals surface area contributed by atoms with Crippen molar-refractivity contribution >= 4 is 17.2 Å².